The average Bonchev–Trinajstić information content (AvgIpc) is 3.02. The number of halogens is 1. The first-order valence-corrected chi connectivity index (χ1v) is 9.89. The number of hydrogen-bond donors (Lipinski definition) is 2. The highest BCUT2D eigenvalue weighted by Gasteiger charge is 2.54. The summed E-state index contributed by atoms with van der Waals surface area (Å²) in [5, 5.41) is 21.6. The predicted molar refractivity (Wildman–Crippen MR) is 104 cm³/mol. The third-order valence-corrected chi connectivity index (χ3v) is 6.05. The molecule has 2 aliphatic rings. The minimum Gasteiger partial charge on any atom is -0.390 e. The largest absolute Gasteiger partial charge is 0.390 e. The summed E-state index contributed by atoms with van der Waals surface area (Å²) >= 11 is 6.53. The van der Waals surface area contributed by atoms with E-state index in [1.807, 2.05) is 19.1 Å². The van der Waals surface area contributed by atoms with E-state index < -0.39 is 18.0 Å². The molecular weight excluding hydrogens is 364 g/mol. The fraction of sp³-hybridized carbons (Fsp3) is 0.455. The van der Waals surface area contributed by atoms with Gasteiger partial charge in [0.25, 0.3) is 0 Å². The van der Waals surface area contributed by atoms with Crippen LogP contribution in [0.3, 0.4) is 0 Å². The molecule has 0 aliphatic carbocycles. The summed E-state index contributed by atoms with van der Waals surface area (Å²) in [5.74, 6) is -1.32. The van der Waals surface area contributed by atoms with Crippen LogP contribution in [0.15, 0.2) is 36.4 Å². The molecule has 0 radical (unpaired) electrons. The lowest BCUT2D eigenvalue weighted by Gasteiger charge is -2.43. The van der Waals surface area contributed by atoms with Crippen molar-refractivity contribution >= 4 is 11.6 Å². The number of rotatable bonds is 3. The van der Waals surface area contributed by atoms with Gasteiger partial charge in [-0.25, -0.2) is 0 Å². The smallest absolute Gasteiger partial charge is 0.225 e. The summed E-state index contributed by atoms with van der Waals surface area (Å²) in [7, 11) is 0. The van der Waals surface area contributed by atoms with Crippen LogP contribution in [0.1, 0.15) is 48.1 Å². The number of aryl methyl sites for hydroxylation is 1. The zero-order valence-corrected chi connectivity index (χ0v) is 16.4. The van der Waals surface area contributed by atoms with Crippen LogP contribution < -0.4 is 0 Å². The van der Waals surface area contributed by atoms with Crippen molar-refractivity contribution in [1.82, 2.24) is 0 Å². The maximum atomic E-state index is 10.7. The van der Waals surface area contributed by atoms with Crippen LogP contribution in [0, 0.1) is 0 Å². The van der Waals surface area contributed by atoms with Crippen molar-refractivity contribution in [3.05, 3.63) is 69.2 Å². The molecule has 0 amide bonds. The van der Waals surface area contributed by atoms with Crippen molar-refractivity contribution < 1.29 is 19.7 Å². The summed E-state index contributed by atoms with van der Waals surface area (Å²) in [6.07, 6.45) is -0.164. The Hall–Kier alpha value is -1.43. The van der Waals surface area contributed by atoms with Gasteiger partial charge in [-0.2, -0.15) is 0 Å². The Morgan fingerprint density at radius 3 is 2.52 bits per heavy atom. The molecule has 0 saturated carbocycles. The van der Waals surface area contributed by atoms with Gasteiger partial charge in [-0.3, -0.25) is 0 Å². The number of hydrogen-bond acceptors (Lipinski definition) is 4. The van der Waals surface area contributed by atoms with Crippen molar-refractivity contribution in [3.63, 3.8) is 0 Å². The first kappa shape index (κ1) is 18.9. The molecule has 2 N–H and O–H groups in total. The predicted octanol–water partition coefficient (Wildman–Crippen LogP) is 3.71. The molecule has 1 saturated heterocycles. The van der Waals surface area contributed by atoms with E-state index in [2.05, 4.69) is 31.2 Å². The Kier molecular flexibility index (Phi) is 5.04. The van der Waals surface area contributed by atoms with Gasteiger partial charge < -0.3 is 19.7 Å². The summed E-state index contributed by atoms with van der Waals surface area (Å²) in [6, 6.07) is 12.2. The molecule has 27 heavy (non-hydrogen) atoms. The van der Waals surface area contributed by atoms with E-state index in [0.717, 1.165) is 23.1 Å². The molecule has 2 heterocycles. The van der Waals surface area contributed by atoms with E-state index >= 15 is 0 Å². The first-order valence-electron chi connectivity index (χ1n) is 9.51. The average molecular weight is 389 g/mol. The van der Waals surface area contributed by atoms with Crippen molar-refractivity contribution in [3.8, 4) is 0 Å². The molecule has 2 aliphatic heterocycles. The SMILES string of the molecule is CCc1ccc(Cc2c(Cl)ccc3c2COC32O[C@H](C)C[C@H](O)[C@H]2O)cc1. The number of fused-ring (bicyclic) bond motifs is 2. The molecule has 2 aromatic rings. The van der Waals surface area contributed by atoms with Crippen LogP contribution in [-0.2, 0) is 34.7 Å². The van der Waals surface area contributed by atoms with Gasteiger partial charge in [-0.1, -0.05) is 48.9 Å². The summed E-state index contributed by atoms with van der Waals surface area (Å²) in [5.41, 5.74) is 5.17. The topological polar surface area (TPSA) is 58.9 Å². The van der Waals surface area contributed by atoms with Gasteiger partial charge in [-0.15, -0.1) is 0 Å². The zero-order chi connectivity index (χ0) is 19.2. The van der Waals surface area contributed by atoms with E-state index in [9.17, 15) is 10.2 Å². The number of benzene rings is 2. The number of aliphatic hydroxyl groups excluding tert-OH is 2. The third kappa shape index (κ3) is 3.20. The number of ether oxygens (including phenoxy) is 2. The lowest BCUT2D eigenvalue weighted by atomic mass is 9.87. The van der Waals surface area contributed by atoms with Crippen molar-refractivity contribution in [2.45, 2.75) is 63.8 Å². The van der Waals surface area contributed by atoms with Gasteiger partial charge in [0.15, 0.2) is 0 Å². The molecule has 0 bridgehead atoms. The highest BCUT2D eigenvalue weighted by Crippen LogP contribution is 2.47. The van der Waals surface area contributed by atoms with E-state index in [-0.39, 0.29) is 6.10 Å². The van der Waals surface area contributed by atoms with Gasteiger partial charge >= 0.3 is 0 Å². The fourth-order valence-corrected chi connectivity index (χ4v) is 4.43. The molecule has 1 unspecified atom stereocenters. The molecule has 4 rings (SSSR count). The standard InChI is InChI=1S/C22H25ClO4/c1-3-14-4-6-15(7-5-14)11-16-17-12-26-22(18(17)8-9-19(16)23)21(25)20(24)10-13(2)27-22/h4-9,13,20-21,24-25H,3,10-12H2,1-2H3/t13-,20+,21-,22?/m1/s1. The molecule has 4 atom stereocenters. The monoisotopic (exact) mass is 388 g/mol. The van der Waals surface area contributed by atoms with Crippen molar-refractivity contribution in [2.75, 3.05) is 0 Å². The first-order chi connectivity index (χ1) is 12.9. The molecule has 1 fully saturated rings. The Balaban J connectivity index is 1.73. The van der Waals surface area contributed by atoms with Gasteiger partial charge in [0.2, 0.25) is 5.79 Å². The lowest BCUT2D eigenvalue weighted by Crippen LogP contribution is -2.55. The van der Waals surface area contributed by atoms with Crippen LogP contribution in [0.2, 0.25) is 5.02 Å². The van der Waals surface area contributed by atoms with Crippen LogP contribution in [-0.4, -0.2) is 28.5 Å². The minimum absolute atomic E-state index is 0.213. The second-order valence-corrected chi connectivity index (χ2v) is 7.94. The Bertz CT molecular complexity index is 835. The summed E-state index contributed by atoms with van der Waals surface area (Å²) in [4.78, 5) is 0. The Labute approximate surface area is 164 Å². The van der Waals surface area contributed by atoms with Gasteiger partial charge in [0.1, 0.15) is 6.10 Å². The summed E-state index contributed by atoms with van der Waals surface area (Å²) in [6.45, 7) is 4.32. The normalized spacial score (nSPS) is 29.9. The second-order valence-electron chi connectivity index (χ2n) is 7.53. The van der Waals surface area contributed by atoms with E-state index in [1.165, 1.54) is 11.1 Å². The molecule has 144 valence electrons. The quantitative estimate of drug-likeness (QED) is 0.841. The van der Waals surface area contributed by atoms with Gasteiger partial charge in [0, 0.05) is 17.0 Å². The highest BCUT2D eigenvalue weighted by atomic mass is 35.5. The van der Waals surface area contributed by atoms with Gasteiger partial charge in [0.05, 0.1) is 18.8 Å². The lowest BCUT2D eigenvalue weighted by molar-refractivity contribution is -0.342. The van der Waals surface area contributed by atoms with E-state index in [1.54, 1.807) is 0 Å². The van der Waals surface area contributed by atoms with Crippen molar-refractivity contribution in [2.24, 2.45) is 0 Å². The summed E-state index contributed by atoms with van der Waals surface area (Å²) < 4.78 is 12.0. The van der Waals surface area contributed by atoms with Crippen LogP contribution >= 0.6 is 11.6 Å². The molecule has 0 aromatic heterocycles. The maximum absolute atomic E-state index is 10.7. The molecule has 4 nitrogen and oxygen atoms in total. The molecule has 1 spiro atoms. The zero-order valence-electron chi connectivity index (χ0n) is 15.6. The molecule has 2 aromatic carbocycles. The second kappa shape index (κ2) is 7.19. The Morgan fingerprint density at radius 2 is 1.81 bits per heavy atom. The highest BCUT2D eigenvalue weighted by molar-refractivity contribution is 6.31. The van der Waals surface area contributed by atoms with E-state index in [4.69, 9.17) is 21.1 Å². The molecular formula is C22H25ClO4. The van der Waals surface area contributed by atoms with Crippen molar-refractivity contribution in [1.29, 1.82) is 0 Å². The van der Waals surface area contributed by atoms with E-state index in [0.29, 0.717) is 24.5 Å². The maximum Gasteiger partial charge on any atom is 0.225 e. The molecule has 5 heteroatoms. The Morgan fingerprint density at radius 1 is 1.11 bits per heavy atom. The van der Waals surface area contributed by atoms with Crippen LogP contribution in [0.4, 0.5) is 0 Å². The van der Waals surface area contributed by atoms with Gasteiger partial charge in [-0.05, 0) is 48.1 Å². The van der Waals surface area contributed by atoms with Crippen LogP contribution in [0.5, 0.6) is 0 Å². The fourth-order valence-electron chi connectivity index (χ4n) is 4.18. The third-order valence-electron chi connectivity index (χ3n) is 5.70. The van der Waals surface area contributed by atoms with Crippen LogP contribution in [0.25, 0.3) is 0 Å². The minimum atomic E-state index is -1.32. The number of aliphatic hydroxyl groups is 2.